The molecular formula is C84H164O17P2. The van der Waals surface area contributed by atoms with Crippen LogP contribution >= 0.6 is 15.6 Å². The van der Waals surface area contributed by atoms with E-state index in [-0.39, 0.29) is 25.7 Å². The molecule has 0 saturated carbocycles. The molecule has 0 amide bonds. The molecule has 0 aliphatic carbocycles. The number of esters is 4. The Hall–Kier alpha value is -1.94. The Morgan fingerprint density at radius 3 is 0.689 bits per heavy atom. The van der Waals surface area contributed by atoms with Gasteiger partial charge in [0.15, 0.2) is 12.2 Å². The van der Waals surface area contributed by atoms with Gasteiger partial charge in [-0.1, -0.05) is 383 Å². The first kappa shape index (κ1) is 101. The van der Waals surface area contributed by atoms with Gasteiger partial charge in [0.05, 0.1) is 26.4 Å². The third-order valence-corrected chi connectivity index (χ3v) is 21.8. The molecule has 0 bridgehead atoms. The van der Waals surface area contributed by atoms with E-state index in [1.54, 1.807) is 0 Å². The average Bonchev–Trinajstić information content (AvgIpc) is 0.920. The minimum atomic E-state index is -4.97. The molecule has 0 spiro atoms. The number of aliphatic hydroxyl groups excluding tert-OH is 1. The fourth-order valence-corrected chi connectivity index (χ4v) is 14.5. The van der Waals surface area contributed by atoms with Crippen molar-refractivity contribution in [3.8, 4) is 0 Å². The summed E-state index contributed by atoms with van der Waals surface area (Å²) in [6, 6.07) is 0. The van der Waals surface area contributed by atoms with Crippen molar-refractivity contribution < 1.29 is 80.2 Å². The lowest BCUT2D eigenvalue weighted by atomic mass is 9.99. The van der Waals surface area contributed by atoms with E-state index in [9.17, 15) is 43.2 Å². The number of aliphatic hydroxyl groups is 1. The molecule has 0 radical (unpaired) electrons. The molecule has 0 saturated heterocycles. The summed E-state index contributed by atoms with van der Waals surface area (Å²) < 4.78 is 68.8. The predicted octanol–water partition coefficient (Wildman–Crippen LogP) is 25.2. The highest BCUT2D eigenvalue weighted by atomic mass is 31.2. The van der Waals surface area contributed by atoms with Crippen LogP contribution in [0.25, 0.3) is 0 Å². The molecule has 0 aliphatic heterocycles. The zero-order valence-corrected chi connectivity index (χ0v) is 69.7. The largest absolute Gasteiger partial charge is 0.472 e. The Morgan fingerprint density at radius 1 is 0.272 bits per heavy atom. The number of phosphoric acid groups is 2. The second-order valence-electron chi connectivity index (χ2n) is 31.9. The highest BCUT2D eigenvalue weighted by Crippen LogP contribution is 2.45. The van der Waals surface area contributed by atoms with Crippen molar-refractivity contribution in [3.05, 3.63) is 0 Å². The Balaban J connectivity index is 5.21. The first-order valence-electron chi connectivity index (χ1n) is 43.2. The molecule has 0 aromatic rings. The van der Waals surface area contributed by atoms with E-state index in [1.807, 2.05) is 0 Å². The Labute approximate surface area is 632 Å². The lowest BCUT2D eigenvalue weighted by molar-refractivity contribution is -0.161. The molecule has 0 fully saturated rings. The molecule has 3 N–H and O–H groups in total. The summed E-state index contributed by atoms with van der Waals surface area (Å²) in [4.78, 5) is 73.1. The summed E-state index contributed by atoms with van der Waals surface area (Å²) in [7, 11) is -9.92. The van der Waals surface area contributed by atoms with Crippen LogP contribution < -0.4 is 0 Å². The average molecular weight is 1510 g/mol. The number of carbonyl (C=O) groups excluding carboxylic acids is 4. The van der Waals surface area contributed by atoms with Crippen LogP contribution in [0.3, 0.4) is 0 Å². The van der Waals surface area contributed by atoms with Crippen LogP contribution in [-0.2, 0) is 65.4 Å². The van der Waals surface area contributed by atoms with Gasteiger partial charge in [0.2, 0.25) is 0 Å². The van der Waals surface area contributed by atoms with Crippen molar-refractivity contribution in [2.24, 2.45) is 23.7 Å². The molecule has 612 valence electrons. The van der Waals surface area contributed by atoms with Gasteiger partial charge in [0, 0.05) is 25.7 Å². The number of rotatable bonds is 81. The van der Waals surface area contributed by atoms with Gasteiger partial charge in [0.25, 0.3) is 0 Å². The molecule has 0 aliphatic rings. The van der Waals surface area contributed by atoms with Crippen molar-refractivity contribution >= 4 is 39.5 Å². The summed E-state index contributed by atoms with van der Waals surface area (Å²) in [5, 5.41) is 10.7. The monoisotopic (exact) mass is 1510 g/mol. The molecule has 19 heteroatoms. The van der Waals surface area contributed by atoms with Crippen LogP contribution in [0.5, 0.6) is 0 Å². The standard InChI is InChI=1S/C84H164O17P2/c1-9-77(8)63-55-47-39-31-24-20-16-12-10-11-13-17-21-25-32-40-48-56-64-81(86)94-70-79(100-83(88)66-58-50-41-33-26-22-18-14-15-19-23-29-36-44-52-60-74(2)3)72-98-102(90,91)96-68-78(85)69-97-103(92,93)99-73-80(71-95-82(87)65-57-49-43-35-38-46-54-62-76(6)7)101-84(89)67-59-51-42-34-28-27-30-37-45-53-61-75(4)5/h74-80,85H,9-73H2,1-8H3,(H,90,91)(H,92,93)/t77?,78?,79-,80-/m1/s1. The first-order valence-corrected chi connectivity index (χ1v) is 46.2. The van der Waals surface area contributed by atoms with Crippen LogP contribution in [0.15, 0.2) is 0 Å². The SMILES string of the molecule is CCC(C)CCCCCCCCCCCCCCCCCCCCC(=O)OC[C@H](COP(=O)(O)OCC(O)COP(=O)(O)OC[C@@H](COC(=O)CCCCCCCCCC(C)C)OC(=O)CCCCCCCCCCCCC(C)C)OC(=O)CCCCCCCCCCCCCCCCCC(C)C. The summed E-state index contributed by atoms with van der Waals surface area (Å²) in [5.74, 6) is 1.02. The maximum Gasteiger partial charge on any atom is 0.472 e. The van der Waals surface area contributed by atoms with Crippen molar-refractivity contribution in [1.29, 1.82) is 0 Å². The Morgan fingerprint density at radius 2 is 0.466 bits per heavy atom. The molecule has 6 atom stereocenters. The van der Waals surface area contributed by atoms with E-state index in [0.717, 1.165) is 114 Å². The zero-order valence-electron chi connectivity index (χ0n) is 68.0. The van der Waals surface area contributed by atoms with Crippen LogP contribution in [0.2, 0.25) is 0 Å². The number of unbranched alkanes of at least 4 members (excludes halogenated alkanes) is 46. The van der Waals surface area contributed by atoms with Crippen LogP contribution in [0.4, 0.5) is 0 Å². The third-order valence-electron chi connectivity index (χ3n) is 19.9. The molecule has 0 heterocycles. The highest BCUT2D eigenvalue weighted by molar-refractivity contribution is 7.47. The van der Waals surface area contributed by atoms with Crippen LogP contribution in [0.1, 0.15) is 434 Å². The fraction of sp³-hybridized carbons (Fsp3) is 0.952. The van der Waals surface area contributed by atoms with Crippen molar-refractivity contribution in [2.45, 2.75) is 453 Å². The quantitative estimate of drug-likeness (QED) is 0.0222. The summed E-state index contributed by atoms with van der Waals surface area (Å²) in [5.41, 5.74) is 0. The minimum Gasteiger partial charge on any atom is -0.462 e. The summed E-state index contributed by atoms with van der Waals surface area (Å²) in [6.45, 7) is 14.3. The number of carbonyl (C=O) groups is 4. The van der Waals surface area contributed by atoms with Gasteiger partial charge in [-0.2, -0.15) is 0 Å². The van der Waals surface area contributed by atoms with Crippen molar-refractivity contribution in [1.82, 2.24) is 0 Å². The van der Waals surface area contributed by atoms with E-state index in [2.05, 4.69) is 55.4 Å². The molecular weight excluding hydrogens is 1340 g/mol. The van der Waals surface area contributed by atoms with Gasteiger partial charge in [-0.3, -0.25) is 37.3 Å². The lowest BCUT2D eigenvalue weighted by Gasteiger charge is -2.21. The fourth-order valence-electron chi connectivity index (χ4n) is 12.9. The highest BCUT2D eigenvalue weighted by Gasteiger charge is 2.30. The lowest BCUT2D eigenvalue weighted by Crippen LogP contribution is -2.30. The number of phosphoric ester groups is 2. The molecule has 4 unspecified atom stereocenters. The minimum absolute atomic E-state index is 0.105. The van der Waals surface area contributed by atoms with E-state index in [1.165, 1.54) is 231 Å². The Bertz CT molecular complexity index is 2010. The summed E-state index contributed by atoms with van der Waals surface area (Å²) >= 11 is 0. The van der Waals surface area contributed by atoms with E-state index in [4.69, 9.17) is 37.0 Å². The van der Waals surface area contributed by atoms with Crippen LogP contribution in [-0.4, -0.2) is 96.7 Å². The molecule has 0 rings (SSSR count). The van der Waals surface area contributed by atoms with E-state index >= 15 is 0 Å². The zero-order chi connectivity index (χ0) is 76.0. The Kier molecular flexibility index (Phi) is 71.5. The maximum atomic E-state index is 13.1. The summed E-state index contributed by atoms with van der Waals surface area (Å²) in [6.07, 6.45) is 61.2. The van der Waals surface area contributed by atoms with Crippen LogP contribution in [0, 0.1) is 23.7 Å². The van der Waals surface area contributed by atoms with E-state index in [0.29, 0.717) is 31.6 Å². The second-order valence-corrected chi connectivity index (χ2v) is 34.8. The van der Waals surface area contributed by atoms with Crippen molar-refractivity contribution in [3.63, 3.8) is 0 Å². The van der Waals surface area contributed by atoms with Gasteiger partial charge in [-0.05, 0) is 49.4 Å². The topological polar surface area (TPSA) is 237 Å². The van der Waals surface area contributed by atoms with Gasteiger partial charge in [-0.15, -0.1) is 0 Å². The van der Waals surface area contributed by atoms with E-state index < -0.39 is 97.5 Å². The smallest absolute Gasteiger partial charge is 0.462 e. The normalized spacial score (nSPS) is 14.2. The molecule has 17 nitrogen and oxygen atoms in total. The van der Waals surface area contributed by atoms with Crippen molar-refractivity contribution in [2.75, 3.05) is 39.6 Å². The van der Waals surface area contributed by atoms with Gasteiger partial charge in [0.1, 0.15) is 19.3 Å². The first-order chi connectivity index (χ1) is 49.6. The molecule has 0 aromatic heterocycles. The third kappa shape index (κ3) is 76.6. The predicted molar refractivity (Wildman–Crippen MR) is 423 cm³/mol. The number of ether oxygens (including phenoxy) is 4. The van der Waals surface area contributed by atoms with Gasteiger partial charge in [-0.25, -0.2) is 9.13 Å². The number of hydrogen-bond donors (Lipinski definition) is 3. The maximum absolute atomic E-state index is 13.1. The molecule has 103 heavy (non-hydrogen) atoms. The van der Waals surface area contributed by atoms with Gasteiger partial charge < -0.3 is 33.8 Å². The number of hydrogen-bond acceptors (Lipinski definition) is 15. The molecule has 0 aromatic carbocycles. The second kappa shape index (κ2) is 72.9. The van der Waals surface area contributed by atoms with Gasteiger partial charge >= 0.3 is 39.5 Å².